The molecule has 0 radical (unpaired) electrons. The van der Waals surface area contributed by atoms with Gasteiger partial charge in [-0.05, 0) is 54.6 Å². The fourth-order valence-corrected chi connectivity index (χ4v) is 1.61. The van der Waals surface area contributed by atoms with Gasteiger partial charge in [-0.25, -0.2) is 0 Å². The third kappa shape index (κ3) is 2.99. The lowest BCUT2D eigenvalue weighted by Gasteiger charge is -2.11. The third-order valence-corrected chi connectivity index (χ3v) is 2.30. The van der Waals surface area contributed by atoms with Crippen LogP contribution >= 0.6 is 22.6 Å². The predicted octanol–water partition coefficient (Wildman–Crippen LogP) is 2.89. The number of aldehydes is 1. The van der Waals surface area contributed by atoms with Gasteiger partial charge in [0.25, 0.3) is 0 Å². The molecule has 0 saturated carbocycles. The van der Waals surface area contributed by atoms with Crippen LogP contribution in [0, 0.1) is 3.57 Å². The number of carbonyl (C=O) groups excluding carboxylic acids is 1. The quantitative estimate of drug-likeness (QED) is 0.632. The Balaban J connectivity index is 2.91. The van der Waals surface area contributed by atoms with Gasteiger partial charge in [0.15, 0.2) is 0 Å². The van der Waals surface area contributed by atoms with E-state index in [0.717, 1.165) is 15.6 Å². The molecule has 0 aliphatic rings. The van der Waals surface area contributed by atoms with Gasteiger partial charge in [0.05, 0.1) is 9.67 Å². The zero-order valence-electron chi connectivity index (χ0n) is 7.58. The molecule has 0 aliphatic carbocycles. The summed E-state index contributed by atoms with van der Waals surface area (Å²) in [6, 6.07) is 5.39. The monoisotopic (exact) mass is 290 g/mol. The second-order valence-electron chi connectivity index (χ2n) is 2.97. The van der Waals surface area contributed by atoms with Crippen molar-refractivity contribution in [1.29, 1.82) is 0 Å². The van der Waals surface area contributed by atoms with Gasteiger partial charge in [-0.3, -0.25) is 4.79 Å². The highest BCUT2D eigenvalue weighted by atomic mass is 127. The minimum atomic E-state index is 0.163. The normalized spacial score (nSPS) is 10.2. The van der Waals surface area contributed by atoms with Crippen molar-refractivity contribution in [2.24, 2.45) is 0 Å². The first-order valence-electron chi connectivity index (χ1n) is 4.05. The van der Waals surface area contributed by atoms with Gasteiger partial charge in [0.2, 0.25) is 0 Å². The fourth-order valence-electron chi connectivity index (χ4n) is 0.940. The van der Waals surface area contributed by atoms with E-state index in [0.29, 0.717) is 5.56 Å². The smallest absolute Gasteiger partial charge is 0.150 e. The van der Waals surface area contributed by atoms with Crippen LogP contribution in [-0.2, 0) is 0 Å². The molecule has 2 nitrogen and oxygen atoms in total. The maximum Gasteiger partial charge on any atom is 0.150 e. The molecule has 0 heterocycles. The van der Waals surface area contributed by atoms with E-state index in [1.165, 1.54) is 0 Å². The molecule has 1 aromatic rings. The minimum Gasteiger partial charge on any atom is -0.490 e. The Morgan fingerprint density at radius 1 is 1.46 bits per heavy atom. The van der Waals surface area contributed by atoms with Crippen molar-refractivity contribution in [2.45, 2.75) is 20.0 Å². The van der Waals surface area contributed by atoms with E-state index in [1.807, 2.05) is 26.0 Å². The van der Waals surface area contributed by atoms with Crippen LogP contribution in [0.2, 0.25) is 0 Å². The Morgan fingerprint density at radius 2 is 2.15 bits per heavy atom. The Hall–Kier alpha value is -0.580. The standard InChI is InChI=1S/C10H11IO2/c1-7(2)13-10-4-3-8(6-12)5-9(10)11/h3-7H,1-2H3. The first-order valence-corrected chi connectivity index (χ1v) is 5.12. The summed E-state index contributed by atoms with van der Waals surface area (Å²) in [5.41, 5.74) is 0.681. The zero-order chi connectivity index (χ0) is 9.84. The lowest BCUT2D eigenvalue weighted by molar-refractivity contribution is 0.112. The van der Waals surface area contributed by atoms with Crippen molar-refractivity contribution < 1.29 is 9.53 Å². The Labute approximate surface area is 91.4 Å². The van der Waals surface area contributed by atoms with E-state index in [-0.39, 0.29) is 6.10 Å². The van der Waals surface area contributed by atoms with Crippen molar-refractivity contribution in [3.8, 4) is 5.75 Å². The molecule has 0 aliphatic heterocycles. The molecule has 0 atom stereocenters. The molecule has 0 saturated heterocycles. The largest absolute Gasteiger partial charge is 0.490 e. The summed E-state index contributed by atoms with van der Waals surface area (Å²) in [5.74, 6) is 0.834. The topological polar surface area (TPSA) is 26.3 Å². The summed E-state index contributed by atoms with van der Waals surface area (Å²) in [7, 11) is 0. The number of halogens is 1. The lowest BCUT2D eigenvalue weighted by atomic mass is 10.2. The molecule has 0 N–H and O–H groups in total. The highest BCUT2D eigenvalue weighted by molar-refractivity contribution is 14.1. The van der Waals surface area contributed by atoms with Crippen LogP contribution < -0.4 is 4.74 Å². The Kier molecular flexibility index (Phi) is 3.71. The highest BCUT2D eigenvalue weighted by Crippen LogP contribution is 2.22. The van der Waals surface area contributed by atoms with Gasteiger partial charge in [-0.2, -0.15) is 0 Å². The summed E-state index contributed by atoms with van der Waals surface area (Å²) in [6.07, 6.45) is 0.997. The van der Waals surface area contributed by atoms with E-state index >= 15 is 0 Å². The molecule has 0 unspecified atom stereocenters. The molecule has 3 heteroatoms. The van der Waals surface area contributed by atoms with Gasteiger partial charge >= 0.3 is 0 Å². The van der Waals surface area contributed by atoms with E-state index in [1.54, 1.807) is 6.07 Å². The van der Waals surface area contributed by atoms with Gasteiger partial charge in [-0.15, -0.1) is 0 Å². The van der Waals surface area contributed by atoms with Crippen LogP contribution in [0.25, 0.3) is 0 Å². The summed E-state index contributed by atoms with van der Waals surface area (Å²) in [6.45, 7) is 3.95. The number of rotatable bonds is 3. The van der Waals surface area contributed by atoms with Gasteiger partial charge in [-0.1, -0.05) is 0 Å². The number of carbonyl (C=O) groups is 1. The van der Waals surface area contributed by atoms with Gasteiger partial charge in [0, 0.05) is 5.56 Å². The van der Waals surface area contributed by atoms with Crippen molar-refractivity contribution in [1.82, 2.24) is 0 Å². The maximum absolute atomic E-state index is 10.4. The molecule has 70 valence electrons. The molecule has 0 bridgehead atoms. The SMILES string of the molecule is CC(C)Oc1ccc(C=O)cc1I. The second kappa shape index (κ2) is 4.60. The Bertz CT molecular complexity index is 308. The molecule has 0 aromatic heterocycles. The molecule has 13 heavy (non-hydrogen) atoms. The fraction of sp³-hybridized carbons (Fsp3) is 0.300. The predicted molar refractivity (Wildman–Crippen MR) is 60.3 cm³/mol. The molecular formula is C10H11IO2. The summed E-state index contributed by atoms with van der Waals surface area (Å²) in [5, 5.41) is 0. The highest BCUT2D eigenvalue weighted by Gasteiger charge is 2.03. The summed E-state index contributed by atoms with van der Waals surface area (Å²) >= 11 is 2.16. The number of benzene rings is 1. The first-order chi connectivity index (χ1) is 6.13. The van der Waals surface area contributed by atoms with E-state index in [2.05, 4.69) is 22.6 Å². The minimum absolute atomic E-state index is 0.163. The van der Waals surface area contributed by atoms with E-state index in [4.69, 9.17) is 4.74 Å². The van der Waals surface area contributed by atoms with E-state index < -0.39 is 0 Å². The average molecular weight is 290 g/mol. The van der Waals surface area contributed by atoms with Crippen molar-refractivity contribution in [3.05, 3.63) is 27.3 Å². The van der Waals surface area contributed by atoms with E-state index in [9.17, 15) is 4.79 Å². The van der Waals surface area contributed by atoms with Gasteiger partial charge in [0.1, 0.15) is 12.0 Å². The van der Waals surface area contributed by atoms with Crippen LogP contribution in [0.1, 0.15) is 24.2 Å². The maximum atomic E-state index is 10.4. The van der Waals surface area contributed by atoms with Crippen LogP contribution in [-0.4, -0.2) is 12.4 Å². The summed E-state index contributed by atoms with van der Waals surface area (Å²) < 4.78 is 6.49. The number of hydrogen-bond acceptors (Lipinski definition) is 2. The first kappa shape index (κ1) is 10.5. The summed E-state index contributed by atoms with van der Waals surface area (Å²) in [4.78, 5) is 10.4. The van der Waals surface area contributed by atoms with Crippen molar-refractivity contribution in [3.63, 3.8) is 0 Å². The molecule has 1 aromatic carbocycles. The zero-order valence-corrected chi connectivity index (χ0v) is 9.74. The molecular weight excluding hydrogens is 279 g/mol. The van der Waals surface area contributed by atoms with Gasteiger partial charge < -0.3 is 4.74 Å². The number of hydrogen-bond donors (Lipinski definition) is 0. The number of ether oxygens (including phenoxy) is 1. The third-order valence-electron chi connectivity index (χ3n) is 1.45. The van der Waals surface area contributed by atoms with Crippen LogP contribution in [0.3, 0.4) is 0 Å². The molecule has 0 spiro atoms. The van der Waals surface area contributed by atoms with Crippen molar-refractivity contribution in [2.75, 3.05) is 0 Å². The van der Waals surface area contributed by atoms with Crippen LogP contribution in [0.5, 0.6) is 5.75 Å². The lowest BCUT2D eigenvalue weighted by Crippen LogP contribution is -2.06. The molecule has 0 fully saturated rings. The Morgan fingerprint density at radius 3 is 2.62 bits per heavy atom. The average Bonchev–Trinajstić information content (AvgIpc) is 2.08. The second-order valence-corrected chi connectivity index (χ2v) is 4.14. The van der Waals surface area contributed by atoms with Crippen molar-refractivity contribution >= 4 is 28.9 Å². The molecule has 0 amide bonds. The molecule has 1 rings (SSSR count). The van der Waals surface area contributed by atoms with Crippen LogP contribution in [0.4, 0.5) is 0 Å². The van der Waals surface area contributed by atoms with Crippen LogP contribution in [0.15, 0.2) is 18.2 Å².